The smallest absolute Gasteiger partial charge is 0.408 e. The zero-order chi connectivity index (χ0) is 36.9. The Morgan fingerprint density at radius 2 is 1.37 bits per heavy atom. The summed E-state index contributed by atoms with van der Waals surface area (Å²) in [6.45, 7) is 20.8. The first kappa shape index (κ1) is 41.3. The van der Waals surface area contributed by atoms with Crippen LogP contribution in [-0.2, 0) is 30.3 Å². The van der Waals surface area contributed by atoms with Crippen molar-refractivity contribution < 1.29 is 28.7 Å². The van der Waals surface area contributed by atoms with Crippen molar-refractivity contribution in [1.29, 1.82) is 0 Å². The summed E-state index contributed by atoms with van der Waals surface area (Å²) in [7, 11) is 0. The van der Waals surface area contributed by atoms with Crippen LogP contribution in [0.5, 0.6) is 0 Å². The highest BCUT2D eigenvalue weighted by Gasteiger charge is 2.40. The summed E-state index contributed by atoms with van der Waals surface area (Å²) >= 11 is 0. The average molecular weight is 680 g/mol. The second-order valence-electron chi connectivity index (χ2n) is 15.1. The maximum absolute atomic E-state index is 14.8. The molecule has 49 heavy (non-hydrogen) atoms. The van der Waals surface area contributed by atoms with Gasteiger partial charge in [0.2, 0.25) is 11.8 Å². The fraction of sp³-hybridized carbons (Fsp3) is 0.600. The lowest BCUT2D eigenvalue weighted by atomic mass is 9.91. The number of alkyl carbamates (subject to hydrolysis) is 1. The molecule has 2 N–H and O–H groups in total. The number of hydrogen-bond acceptors (Lipinski definition) is 6. The van der Waals surface area contributed by atoms with Gasteiger partial charge in [0.05, 0.1) is 0 Å². The molecule has 9 nitrogen and oxygen atoms in total. The molecule has 2 aromatic carbocycles. The van der Waals surface area contributed by atoms with Crippen molar-refractivity contribution in [1.82, 2.24) is 15.5 Å². The number of nitrogens with zero attached hydrogens (tertiary/aromatic N) is 1. The molecule has 0 aliphatic heterocycles. The Balaban J connectivity index is 2.72. The van der Waals surface area contributed by atoms with Gasteiger partial charge in [0.1, 0.15) is 29.3 Å². The normalized spacial score (nSPS) is 14.2. The summed E-state index contributed by atoms with van der Waals surface area (Å²) in [5, 5.41) is 5.85. The fourth-order valence-corrected chi connectivity index (χ4v) is 5.73. The largest absolute Gasteiger partial charge is 0.458 e. The summed E-state index contributed by atoms with van der Waals surface area (Å²) in [4.78, 5) is 57.9. The second kappa shape index (κ2) is 18.8. The van der Waals surface area contributed by atoms with Gasteiger partial charge >= 0.3 is 12.1 Å². The molecule has 0 aliphatic rings. The zero-order valence-electron chi connectivity index (χ0n) is 31.8. The van der Waals surface area contributed by atoms with Crippen molar-refractivity contribution in [2.45, 2.75) is 144 Å². The number of rotatable bonds is 16. The Kier molecular flexibility index (Phi) is 15.8. The molecule has 9 heteroatoms. The van der Waals surface area contributed by atoms with Crippen LogP contribution in [0.4, 0.5) is 4.79 Å². The van der Waals surface area contributed by atoms with Crippen molar-refractivity contribution in [3.8, 4) is 0 Å². The van der Waals surface area contributed by atoms with Gasteiger partial charge in [0.25, 0.3) is 0 Å². The van der Waals surface area contributed by atoms with Gasteiger partial charge in [-0.2, -0.15) is 0 Å². The lowest BCUT2D eigenvalue weighted by Gasteiger charge is -2.37. The number of carbonyl (C=O) groups excluding carboxylic acids is 4. The van der Waals surface area contributed by atoms with E-state index in [0.717, 1.165) is 36.0 Å². The number of benzene rings is 2. The fourth-order valence-electron chi connectivity index (χ4n) is 5.73. The van der Waals surface area contributed by atoms with E-state index in [9.17, 15) is 19.2 Å². The van der Waals surface area contributed by atoms with Crippen LogP contribution in [0.25, 0.3) is 0 Å². The van der Waals surface area contributed by atoms with E-state index in [2.05, 4.69) is 17.6 Å². The van der Waals surface area contributed by atoms with Crippen molar-refractivity contribution in [2.24, 2.45) is 5.92 Å². The van der Waals surface area contributed by atoms with Crippen molar-refractivity contribution >= 4 is 23.9 Å². The highest BCUT2D eigenvalue weighted by Crippen LogP contribution is 2.30. The first-order valence-electron chi connectivity index (χ1n) is 17.8. The Morgan fingerprint density at radius 1 is 0.776 bits per heavy atom. The van der Waals surface area contributed by atoms with E-state index in [1.807, 2.05) is 76.2 Å². The number of amides is 3. The van der Waals surface area contributed by atoms with Crippen molar-refractivity contribution in [3.05, 3.63) is 70.8 Å². The van der Waals surface area contributed by atoms with E-state index in [-0.39, 0.29) is 24.8 Å². The third kappa shape index (κ3) is 13.5. The van der Waals surface area contributed by atoms with E-state index in [0.29, 0.717) is 18.4 Å². The molecule has 0 aliphatic carbocycles. The summed E-state index contributed by atoms with van der Waals surface area (Å²) in [6.07, 6.45) is 3.62. The van der Waals surface area contributed by atoms with Gasteiger partial charge in [0.15, 0.2) is 0 Å². The van der Waals surface area contributed by atoms with Crippen molar-refractivity contribution in [3.63, 3.8) is 0 Å². The number of nitrogens with one attached hydrogen (secondary N) is 2. The van der Waals surface area contributed by atoms with Crippen LogP contribution in [0.2, 0.25) is 0 Å². The third-order valence-corrected chi connectivity index (χ3v) is 8.35. The Bertz CT molecular complexity index is 1360. The summed E-state index contributed by atoms with van der Waals surface area (Å²) in [6, 6.07) is 12.2. The third-order valence-electron chi connectivity index (χ3n) is 8.35. The Morgan fingerprint density at radius 3 is 1.90 bits per heavy atom. The quantitative estimate of drug-likeness (QED) is 0.139. The summed E-state index contributed by atoms with van der Waals surface area (Å²) in [5.41, 5.74) is 1.68. The molecular weight excluding hydrogens is 618 g/mol. The van der Waals surface area contributed by atoms with Gasteiger partial charge in [-0.15, -0.1) is 0 Å². The first-order chi connectivity index (χ1) is 22.9. The van der Waals surface area contributed by atoms with Gasteiger partial charge in [-0.05, 0) is 90.0 Å². The van der Waals surface area contributed by atoms with E-state index in [1.54, 1.807) is 46.4 Å². The molecule has 0 bridgehead atoms. The second-order valence-corrected chi connectivity index (χ2v) is 15.1. The van der Waals surface area contributed by atoms with Gasteiger partial charge < -0.3 is 25.0 Å². The molecule has 0 fully saturated rings. The van der Waals surface area contributed by atoms with Gasteiger partial charge in [-0.1, -0.05) is 95.0 Å². The summed E-state index contributed by atoms with van der Waals surface area (Å²) < 4.78 is 11.3. The number of ether oxygens (including phenoxy) is 2. The van der Waals surface area contributed by atoms with E-state index < -0.39 is 47.3 Å². The van der Waals surface area contributed by atoms with Gasteiger partial charge in [-0.25, -0.2) is 9.59 Å². The van der Waals surface area contributed by atoms with Gasteiger partial charge in [-0.3, -0.25) is 9.59 Å². The highest BCUT2D eigenvalue weighted by molar-refractivity contribution is 5.94. The van der Waals surface area contributed by atoms with Crippen LogP contribution in [0.1, 0.15) is 123 Å². The van der Waals surface area contributed by atoms with E-state index in [1.165, 1.54) is 0 Å². The number of carbonyl (C=O) groups is 4. The minimum Gasteiger partial charge on any atom is -0.458 e. The molecule has 272 valence electrons. The van der Waals surface area contributed by atoms with Crippen molar-refractivity contribution in [2.75, 3.05) is 6.54 Å². The number of hydrogen-bond donors (Lipinski definition) is 2. The lowest BCUT2D eigenvalue weighted by molar-refractivity contribution is -0.159. The minimum absolute atomic E-state index is 0.209. The number of aryl methyl sites for hydroxylation is 2. The van der Waals surface area contributed by atoms with Crippen LogP contribution in [-0.4, -0.2) is 58.6 Å². The maximum atomic E-state index is 14.8. The van der Waals surface area contributed by atoms with Crippen LogP contribution >= 0.6 is 0 Å². The van der Waals surface area contributed by atoms with Crippen LogP contribution in [0.15, 0.2) is 48.5 Å². The molecule has 2 aromatic rings. The zero-order valence-corrected chi connectivity index (χ0v) is 31.8. The number of esters is 1. The molecule has 0 saturated carbocycles. The standard InChI is InChI=1S/C40H61N3O6/c1-12-14-15-19-25-43(36(45)33(27(3)13-2)42-38(47)49-40(9,10)11)34(32-28(4)21-20-22-29(32)5)35(44)41-31(37(46)48-39(6,7)8)26-30-23-17-16-18-24-30/h16-18,20-24,27,31,33-34H,12-15,19,25-26H2,1-11H3,(H,41,44)(H,42,47). The molecule has 2 rings (SSSR count). The number of unbranched alkanes of at least 4 members (excludes halogenated alkanes) is 3. The molecule has 4 atom stereocenters. The highest BCUT2D eigenvalue weighted by atomic mass is 16.6. The lowest BCUT2D eigenvalue weighted by Crippen LogP contribution is -2.57. The van der Waals surface area contributed by atoms with Crippen LogP contribution < -0.4 is 10.6 Å². The predicted molar refractivity (Wildman–Crippen MR) is 195 cm³/mol. The monoisotopic (exact) mass is 679 g/mol. The Labute approximate surface area is 294 Å². The maximum Gasteiger partial charge on any atom is 0.408 e. The molecule has 0 saturated heterocycles. The molecule has 0 aromatic heterocycles. The molecular formula is C40H61N3O6. The first-order valence-corrected chi connectivity index (χ1v) is 17.8. The van der Waals surface area contributed by atoms with E-state index in [4.69, 9.17) is 9.47 Å². The average Bonchev–Trinajstić information content (AvgIpc) is 3.00. The van der Waals surface area contributed by atoms with Crippen LogP contribution in [0, 0.1) is 19.8 Å². The topological polar surface area (TPSA) is 114 Å². The molecule has 0 heterocycles. The Hall–Kier alpha value is -3.88. The minimum atomic E-state index is -1.08. The SMILES string of the molecule is CCCCCCN(C(=O)C(NC(=O)OC(C)(C)C)C(C)CC)C(C(=O)NC(Cc1ccccc1)C(=O)OC(C)(C)C)c1c(C)cccc1C. The molecule has 0 spiro atoms. The summed E-state index contributed by atoms with van der Waals surface area (Å²) in [5.74, 6) is -1.69. The molecule has 0 radical (unpaired) electrons. The van der Waals surface area contributed by atoms with E-state index >= 15 is 0 Å². The molecule has 3 amide bonds. The van der Waals surface area contributed by atoms with Gasteiger partial charge in [0, 0.05) is 13.0 Å². The molecule has 4 unspecified atom stereocenters. The van der Waals surface area contributed by atoms with Crippen LogP contribution in [0.3, 0.4) is 0 Å². The predicted octanol–water partition coefficient (Wildman–Crippen LogP) is 7.76.